The molecule has 0 spiro atoms. The van der Waals surface area contributed by atoms with E-state index in [2.05, 4.69) is 0 Å². The summed E-state index contributed by atoms with van der Waals surface area (Å²) >= 11 is 0. The molecule has 0 saturated carbocycles. The number of benzene rings is 4. The minimum Gasteiger partial charge on any atom is -0.507 e. The van der Waals surface area contributed by atoms with Crippen LogP contribution in [0.15, 0.2) is 30.3 Å². The van der Waals surface area contributed by atoms with Crippen LogP contribution in [0.25, 0.3) is 10.8 Å². The number of phenols is 1. The highest BCUT2D eigenvalue weighted by atomic mass is 19.2. The maximum atomic E-state index is 13.9. The van der Waals surface area contributed by atoms with E-state index in [1.165, 1.54) is 10.6 Å². The van der Waals surface area contributed by atoms with Crippen molar-refractivity contribution in [2.75, 3.05) is 10.6 Å². The molecule has 2 amide bonds. The lowest BCUT2D eigenvalue weighted by Gasteiger charge is -2.12. The molecule has 0 heterocycles. The molecule has 0 aliphatic carbocycles. The van der Waals surface area contributed by atoms with Gasteiger partial charge < -0.3 is 15.7 Å². The molecule has 0 radical (unpaired) electrons. The first kappa shape index (κ1) is 27.2. The molecule has 202 valence electrons. The van der Waals surface area contributed by atoms with Crippen LogP contribution in [0.5, 0.6) is 5.75 Å². The number of carbonyl (C=O) groups is 2. The topological polar surface area (TPSA) is 78.4 Å². The van der Waals surface area contributed by atoms with E-state index in [9.17, 15) is 58.6 Å². The maximum Gasteiger partial charge on any atom is 0.259 e. The van der Waals surface area contributed by atoms with Crippen LogP contribution < -0.4 is 10.6 Å². The zero-order chi connectivity index (χ0) is 28.9. The Morgan fingerprint density at radius 2 is 0.923 bits per heavy atom. The first-order valence-corrected chi connectivity index (χ1v) is 10.2. The van der Waals surface area contributed by atoms with Gasteiger partial charge in [0.05, 0.1) is 5.56 Å². The number of amides is 2. The van der Waals surface area contributed by atoms with Gasteiger partial charge in [0.15, 0.2) is 46.5 Å². The monoisotopic (exact) mass is 562 g/mol. The van der Waals surface area contributed by atoms with Crippen molar-refractivity contribution in [3.63, 3.8) is 0 Å². The summed E-state index contributed by atoms with van der Waals surface area (Å²) < 4.78 is 136. The quantitative estimate of drug-likeness (QED) is 0.152. The molecule has 0 saturated heterocycles. The number of hydrogen-bond donors (Lipinski definition) is 3. The molecular formula is C24H8F10N2O3. The summed E-state index contributed by atoms with van der Waals surface area (Å²) in [5.74, 6) is -27.4. The Bertz CT molecular complexity index is 1670. The van der Waals surface area contributed by atoms with E-state index in [1.807, 2.05) is 0 Å². The minimum absolute atomic E-state index is 0.0968. The Hall–Kier alpha value is -4.82. The number of phenolic OH excluding ortho intramolecular Hbond substituents is 1. The third-order valence-corrected chi connectivity index (χ3v) is 5.36. The predicted molar refractivity (Wildman–Crippen MR) is 114 cm³/mol. The van der Waals surface area contributed by atoms with Crippen LogP contribution in [0.4, 0.5) is 55.3 Å². The SMILES string of the molecule is O=C(Nc1c(F)c(F)c(F)c(F)c1F)c1ccc2cc(O)c(C(=O)Nc3c(F)c(F)c(F)c(F)c3F)cc2c1. The largest absolute Gasteiger partial charge is 0.507 e. The third-order valence-electron chi connectivity index (χ3n) is 5.36. The van der Waals surface area contributed by atoms with Gasteiger partial charge in [-0.25, -0.2) is 43.9 Å². The molecule has 0 unspecified atom stereocenters. The molecule has 15 heteroatoms. The molecule has 0 aliphatic heterocycles. The summed E-state index contributed by atoms with van der Waals surface area (Å²) in [7, 11) is 0. The van der Waals surface area contributed by atoms with E-state index >= 15 is 0 Å². The number of hydrogen-bond acceptors (Lipinski definition) is 3. The summed E-state index contributed by atoms with van der Waals surface area (Å²) in [6, 6.07) is 4.81. The molecule has 0 bridgehead atoms. The van der Waals surface area contributed by atoms with Crippen LogP contribution in [-0.4, -0.2) is 16.9 Å². The van der Waals surface area contributed by atoms with E-state index in [0.717, 1.165) is 30.3 Å². The van der Waals surface area contributed by atoms with Gasteiger partial charge in [-0.05, 0) is 35.0 Å². The van der Waals surface area contributed by atoms with E-state index < -0.39 is 98.2 Å². The number of rotatable bonds is 4. The molecular weight excluding hydrogens is 554 g/mol. The van der Waals surface area contributed by atoms with Crippen molar-refractivity contribution in [2.45, 2.75) is 0 Å². The molecule has 3 N–H and O–H groups in total. The van der Waals surface area contributed by atoms with Crippen molar-refractivity contribution in [1.29, 1.82) is 0 Å². The van der Waals surface area contributed by atoms with Crippen molar-refractivity contribution < 1.29 is 58.6 Å². The standard InChI is InChI=1S/C24H8F10N2O3/c25-11-13(27)17(31)21(18(32)14(11)28)35-23(38)7-2-1-6-5-10(37)9(4-8(6)3-7)24(39)36-22-19(33)15(29)12(26)16(30)20(22)34/h1-5,37H,(H,35,38)(H,36,39). The van der Waals surface area contributed by atoms with Gasteiger partial charge in [-0.2, -0.15) is 0 Å². The number of fused-ring (bicyclic) bond motifs is 1. The highest BCUT2D eigenvalue weighted by Crippen LogP contribution is 2.31. The van der Waals surface area contributed by atoms with Crippen molar-refractivity contribution in [3.8, 4) is 5.75 Å². The summed E-state index contributed by atoms with van der Waals surface area (Å²) in [5.41, 5.74) is -4.59. The Morgan fingerprint density at radius 3 is 1.38 bits per heavy atom. The number of halogens is 10. The second-order valence-corrected chi connectivity index (χ2v) is 7.73. The molecule has 0 aliphatic rings. The third kappa shape index (κ3) is 4.55. The lowest BCUT2D eigenvalue weighted by atomic mass is 10.0. The highest BCUT2D eigenvalue weighted by molar-refractivity contribution is 6.10. The van der Waals surface area contributed by atoms with Gasteiger partial charge >= 0.3 is 0 Å². The fraction of sp³-hybridized carbons (Fsp3) is 0. The average molecular weight is 562 g/mol. The summed E-state index contributed by atoms with van der Waals surface area (Å²) in [5, 5.41) is 13.1. The molecule has 39 heavy (non-hydrogen) atoms. The zero-order valence-corrected chi connectivity index (χ0v) is 18.4. The average Bonchev–Trinajstić information content (AvgIpc) is 2.92. The molecule has 0 fully saturated rings. The van der Waals surface area contributed by atoms with Crippen LogP contribution in [-0.2, 0) is 0 Å². The first-order chi connectivity index (χ1) is 18.2. The molecule has 4 aromatic rings. The summed E-state index contributed by atoms with van der Waals surface area (Å²) in [4.78, 5) is 25.0. The van der Waals surface area contributed by atoms with E-state index in [-0.39, 0.29) is 10.8 Å². The van der Waals surface area contributed by atoms with E-state index in [0.29, 0.717) is 0 Å². The molecule has 0 atom stereocenters. The highest BCUT2D eigenvalue weighted by Gasteiger charge is 2.29. The molecule has 0 aromatic heterocycles. The van der Waals surface area contributed by atoms with E-state index in [4.69, 9.17) is 0 Å². The van der Waals surface area contributed by atoms with Crippen LogP contribution in [0, 0.1) is 58.2 Å². The number of carbonyl (C=O) groups excluding carboxylic acids is 2. The van der Waals surface area contributed by atoms with Crippen molar-refractivity contribution in [2.24, 2.45) is 0 Å². The van der Waals surface area contributed by atoms with E-state index in [1.54, 1.807) is 0 Å². The zero-order valence-electron chi connectivity index (χ0n) is 18.4. The smallest absolute Gasteiger partial charge is 0.259 e. The van der Waals surface area contributed by atoms with Crippen molar-refractivity contribution >= 4 is 34.0 Å². The lowest BCUT2D eigenvalue weighted by Crippen LogP contribution is -2.17. The Balaban J connectivity index is 1.70. The van der Waals surface area contributed by atoms with Gasteiger partial charge in [-0.1, -0.05) is 6.07 Å². The van der Waals surface area contributed by atoms with Crippen LogP contribution in [0.2, 0.25) is 0 Å². The fourth-order valence-electron chi connectivity index (χ4n) is 3.40. The van der Waals surface area contributed by atoms with Crippen LogP contribution in [0.1, 0.15) is 20.7 Å². The predicted octanol–water partition coefficient (Wildman–Crippen LogP) is 6.44. The first-order valence-electron chi connectivity index (χ1n) is 10.2. The van der Waals surface area contributed by atoms with Gasteiger partial charge in [0, 0.05) is 5.56 Å². The number of nitrogens with one attached hydrogen (secondary N) is 2. The lowest BCUT2D eigenvalue weighted by molar-refractivity contribution is 0.101. The van der Waals surface area contributed by atoms with Gasteiger partial charge in [0.2, 0.25) is 11.6 Å². The molecule has 5 nitrogen and oxygen atoms in total. The second-order valence-electron chi connectivity index (χ2n) is 7.73. The minimum atomic E-state index is -2.48. The van der Waals surface area contributed by atoms with Crippen LogP contribution >= 0.6 is 0 Å². The maximum absolute atomic E-state index is 13.9. The second kappa shape index (κ2) is 9.81. The summed E-state index contributed by atoms with van der Waals surface area (Å²) in [6.45, 7) is 0. The Morgan fingerprint density at radius 1 is 0.513 bits per heavy atom. The normalized spacial score (nSPS) is 11.1. The van der Waals surface area contributed by atoms with Crippen LogP contribution in [0.3, 0.4) is 0 Å². The van der Waals surface area contributed by atoms with Gasteiger partial charge in [0.1, 0.15) is 17.1 Å². The summed E-state index contributed by atoms with van der Waals surface area (Å²) in [6.07, 6.45) is 0. The van der Waals surface area contributed by atoms with Gasteiger partial charge in [-0.3, -0.25) is 9.59 Å². The van der Waals surface area contributed by atoms with Crippen molar-refractivity contribution in [1.82, 2.24) is 0 Å². The van der Waals surface area contributed by atoms with Crippen molar-refractivity contribution in [3.05, 3.63) is 99.6 Å². The fourth-order valence-corrected chi connectivity index (χ4v) is 3.40. The number of anilines is 2. The molecule has 4 aromatic carbocycles. The Labute approximate surface area is 209 Å². The molecule has 4 rings (SSSR count). The van der Waals surface area contributed by atoms with Gasteiger partial charge in [0.25, 0.3) is 11.8 Å². The number of aromatic hydroxyl groups is 1. The van der Waals surface area contributed by atoms with Gasteiger partial charge in [-0.15, -0.1) is 0 Å². The Kier molecular flexibility index (Phi) is 6.85.